The minimum atomic E-state index is -1.24. The lowest BCUT2D eigenvalue weighted by molar-refractivity contribution is -0.142. The number of amides is 2. The van der Waals surface area contributed by atoms with Gasteiger partial charge in [0, 0.05) is 18.7 Å². The molecule has 0 saturated heterocycles. The number of nitrogens with one attached hydrogen (secondary N) is 2. The molecule has 1 aromatic rings. The summed E-state index contributed by atoms with van der Waals surface area (Å²) < 4.78 is 5.08. The van der Waals surface area contributed by atoms with Gasteiger partial charge in [0.25, 0.3) is 11.8 Å². The average molecular weight is 320 g/mol. The molecule has 6 heteroatoms. The monoisotopic (exact) mass is 320 g/mol. The summed E-state index contributed by atoms with van der Waals surface area (Å²) in [6, 6.07) is 6.86. The summed E-state index contributed by atoms with van der Waals surface area (Å²) in [6.45, 7) is 0.592. The van der Waals surface area contributed by atoms with E-state index in [0.29, 0.717) is 30.7 Å². The normalized spacial score (nSPS) is 16.4. The third-order valence-corrected chi connectivity index (χ3v) is 4.13. The van der Waals surface area contributed by atoms with Gasteiger partial charge in [-0.25, -0.2) is 0 Å². The van der Waals surface area contributed by atoms with Gasteiger partial charge < -0.3 is 20.5 Å². The first-order valence-electron chi connectivity index (χ1n) is 7.98. The summed E-state index contributed by atoms with van der Waals surface area (Å²) in [4.78, 5) is 24.0. The van der Waals surface area contributed by atoms with Gasteiger partial charge in [0.05, 0.1) is 7.11 Å². The largest absolute Gasteiger partial charge is 0.497 e. The Labute approximate surface area is 136 Å². The molecule has 0 aliphatic heterocycles. The molecule has 1 aliphatic rings. The maximum absolute atomic E-state index is 12.0. The van der Waals surface area contributed by atoms with E-state index in [0.717, 1.165) is 19.3 Å². The standard InChI is InChI=1S/C17H24N2O4/c1-23-14-7-5-6-13(12-14)15(20)18-10-11-19-16(21)17(22)8-3-2-4-9-17/h5-7,12,22H,2-4,8-11H2,1H3,(H,18,20)(H,19,21). The highest BCUT2D eigenvalue weighted by molar-refractivity contribution is 5.94. The van der Waals surface area contributed by atoms with Crippen LogP contribution in [-0.2, 0) is 4.79 Å². The topological polar surface area (TPSA) is 87.7 Å². The molecule has 1 aliphatic carbocycles. The molecule has 1 saturated carbocycles. The molecule has 0 spiro atoms. The first-order valence-corrected chi connectivity index (χ1v) is 7.98. The maximum Gasteiger partial charge on any atom is 0.252 e. The van der Waals surface area contributed by atoms with Crippen molar-refractivity contribution in [1.82, 2.24) is 10.6 Å². The van der Waals surface area contributed by atoms with Gasteiger partial charge in [-0.3, -0.25) is 9.59 Å². The van der Waals surface area contributed by atoms with Crippen molar-refractivity contribution < 1.29 is 19.4 Å². The van der Waals surface area contributed by atoms with Gasteiger partial charge in [-0.2, -0.15) is 0 Å². The Bertz CT molecular complexity index is 553. The average Bonchev–Trinajstić information content (AvgIpc) is 2.59. The number of hydrogen-bond acceptors (Lipinski definition) is 4. The highest BCUT2D eigenvalue weighted by Crippen LogP contribution is 2.27. The summed E-state index contributed by atoms with van der Waals surface area (Å²) in [5, 5.41) is 15.7. The highest BCUT2D eigenvalue weighted by atomic mass is 16.5. The summed E-state index contributed by atoms with van der Waals surface area (Å²) >= 11 is 0. The van der Waals surface area contributed by atoms with E-state index >= 15 is 0 Å². The van der Waals surface area contributed by atoms with Crippen LogP contribution in [0.4, 0.5) is 0 Å². The van der Waals surface area contributed by atoms with E-state index in [1.165, 1.54) is 0 Å². The van der Waals surface area contributed by atoms with Gasteiger partial charge in [0.15, 0.2) is 0 Å². The molecule has 0 heterocycles. The number of carbonyl (C=O) groups is 2. The van der Waals surface area contributed by atoms with Crippen molar-refractivity contribution in [3.63, 3.8) is 0 Å². The van der Waals surface area contributed by atoms with Crippen LogP contribution in [0, 0.1) is 0 Å². The van der Waals surface area contributed by atoms with Crippen LogP contribution in [0.3, 0.4) is 0 Å². The molecule has 0 aromatic heterocycles. The van der Waals surface area contributed by atoms with E-state index in [9.17, 15) is 14.7 Å². The van der Waals surface area contributed by atoms with E-state index in [1.54, 1.807) is 31.4 Å². The van der Waals surface area contributed by atoms with E-state index in [1.807, 2.05) is 0 Å². The van der Waals surface area contributed by atoms with E-state index in [2.05, 4.69) is 10.6 Å². The molecular weight excluding hydrogens is 296 g/mol. The van der Waals surface area contributed by atoms with Crippen LogP contribution in [-0.4, -0.2) is 42.7 Å². The molecule has 0 atom stereocenters. The molecule has 0 radical (unpaired) electrons. The predicted octanol–water partition coefficient (Wildman–Crippen LogP) is 1.24. The minimum Gasteiger partial charge on any atom is -0.497 e. The zero-order valence-electron chi connectivity index (χ0n) is 13.4. The molecule has 0 bridgehead atoms. The highest BCUT2D eigenvalue weighted by Gasteiger charge is 2.36. The van der Waals surface area contributed by atoms with Gasteiger partial charge in [-0.05, 0) is 31.0 Å². The summed E-state index contributed by atoms with van der Waals surface area (Å²) in [6.07, 6.45) is 3.82. The number of benzene rings is 1. The molecule has 6 nitrogen and oxygen atoms in total. The number of aliphatic hydroxyl groups is 1. The first kappa shape index (κ1) is 17.3. The van der Waals surface area contributed by atoms with Gasteiger partial charge in [0.2, 0.25) is 0 Å². The van der Waals surface area contributed by atoms with Crippen molar-refractivity contribution in [2.24, 2.45) is 0 Å². The van der Waals surface area contributed by atoms with Crippen molar-refractivity contribution in [2.45, 2.75) is 37.7 Å². The lowest BCUT2D eigenvalue weighted by Gasteiger charge is -2.30. The Kier molecular flexibility index (Phi) is 5.98. The molecule has 2 rings (SSSR count). The molecule has 3 N–H and O–H groups in total. The van der Waals surface area contributed by atoms with Crippen LogP contribution < -0.4 is 15.4 Å². The third kappa shape index (κ3) is 4.69. The van der Waals surface area contributed by atoms with Gasteiger partial charge in [-0.15, -0.1) is 0 Å². The zero-order chi connectivity index (χ0) is 16.7. The quantitative estimate of drug-likeness (QED) is 0.688. The number of methoxy groups -OCH3 is 1. The second kappa shape index (κ2) is 7.97. The van der Waals surface area contributed by atoms with Gasteiger partial charge in [0.1, 0.15) is 11.4 Å². The lowest BCUT2D eigenvalue weighted by atomic mass is 9.84. The molecule has 126 valence electrons. The Balaban J connectivity index is 1.74. The molecule has 1 fully saturated rings. The number of rotatable bonds is 6. The summed E-state index contributed by atoms with van der Waals surface area (Å²) in [7, 11) is 1.54. The van der Waals surface area contributed by atoms with Crippen LogP contribution >= 0.6 is 0 Å². The van der Waals surface area contributed by atoms with Crippen molar-refractivity contribution in [3.05, 3.63) is 29.8 Å². The minimum absolute atomic E-state index is 0.227. The Morgan fingerprint density at radius 3 is 2.57 bits per heavy atom. The van der Waals surface area contributed by atoms with Crippen LogP contribution in [0.15, 0.2) is 24.3 Å². The SMILES string of the molecule is COc1cccc(C(=O)NCCNC(=O)C2(O)CCCCC2)c1. The Morgan fingerprint density at radius 1 is 1.17 bits per heavy atom. The van der Waals surface area contributed by atoms with Gasteiger partial charge in [-0.1, -0.05) is 25.3 Å². The second-order valence-corrected chi connectivity index (χ2v) is 5.84. The Hall–Kier alpha value is -2.08. The molecular formula is C17H24N2O4. The van der Waals surface area contributed by atoms with E-state index in [-0.39, 0.29) is 18.4 Å². The fourth-order valence-electron chi connectivity index (χ4n) is 2.75. The lowest BCUT2D eigenvalue weighted by Crippen LogP contribution is -2.49. The molecule has 23 heavy (non-hydrogen) atoms. The second-order valence-electron chi connectivity index (χ2n) is 5.84. The maximum atomic E-state index is 12.0. The Morgan fingerprint density at radius 2 is 1.87 bits per heavy atom. The molecule has 2 amide bonds. The molecule has 1 aromatic carbocycles. The van der Waals surface area contributed by atoms with Gasteiger partial charge >= 0.3 is 0 Å². The number of hydrogen-bond donors (Lipinski definition) is 3. The zero-order valence-corrected chi connectivity index (χ0v) is 13.4. The fraction of sp³-hybridized carbons (Fsp3) is 0.529. The number of ether oxygens (including phenoxy) is 1. The fourth-order valence-corrected chi connectivity index (χ4v) is 2.75. The van der Waals surface area contributed by atoms with Crippen molar-refractivity contribution in [1.29, 1.82) is 0 Å². The van der Waals surface area contributed by atoms with Crippen LogP contribution in [0.2, 0.25) is 0 Å². The van der Waals surface area contributed by atoms with Crippen LogP contribution in [0.1, 0.15) is 42.5 Å². The predicted molar refractivity (Wildman–Crippen MR) is 86.4 cm³/mol. The van der Waals surface area contributed by atoms with Crippen LogP contribution in [0.5, 0.6) is 5.75 Å². The third-order valence-electron chi connectivity index (χ3n) is 4.13. The smallest absolute Gasteiger partial charge is 0.252 e. The van der Waals surface area contributed by atoms with E-state index < -0.39 is 5.60 Å². The summed E-state index contributed by atoms with van der Waals surface area (Å²) in [5.74, 6) is 0.0489. The van der Waals surface area contributed by atoms with Crippen LogP contribution in [0.25, 0.3) is 0 Å². The summed E-state index contributed by atoms with van der Waals surface area (Å²) in [5.41, 5.74) is -0.740. The molecule has 0 unspecified atom stereocenters. The first-order chi connectivity index (χ1) is 11.0. The number of carbonyl (C=O) groups excluding carboxylic acids is 2. The van der Waals surface area contributed by atoms with Crippen molar-refractivity contribution in [2.75, 3.05) is 20.2 Å². The van der Waals surface area contributed by atoms with E-state index in [4.69, 9.17) is 4.74 Å². The van der Waals surface area contributed by atoms with Crippen molar-refractivity contribution >= 4 is 11.8 Å². The van der Waals surface area contributed by atoms with Crippen molar-refractivity contribution in [3.8, 4) is 5.75 Å².